The Balaban J connectivity index is 2.82. The molecule has 0 amide bonds. The lowest BCUT2D eigenvalue weighted by Gasteiger charge is -2.20. The molecule has 0 bridgehead atoms. The fraction of sp³-hybridized carbons (Fsp3) is 0.400. The molecule has 0 aliphatic heterocycles. The van der Waals surface area contributed by atoms with Crippen LogP contribution in [0.3, 0.4) is 0 Å². The van der Waals surface area contributed by atoms with E-state index in [9.17, 15) is 9.18 Å². The van der Waals surface area contributed by atoms with Gasteiger partial charge in [-0.15, -0.1) is 0 Å². The van der Waals surface area contributed by atoms with Crippen molar-refractivity contribution < 1.29 is 4.39 Å². The van der Waals surface area contributed by atoms with Crippen molar-refractivity contribution in [2.24, 2.45) is 0 Å². The minimum Gasteiger partial charge on any atom is -0.267 e. The normalized spacial score (nSPS) is 13.6. The Morgan fingerprint density at radius 1 is 1.33 bits per heavy atom. The van der Waals surface area contributed by atoms with Crippen LogP contribution in [0.25, 0.3) is 16.5 Å². The summed E-state index contributed by atoms with van der Waals surface area (Å²) in [5, 5.41) is 4.91. The molecule has 1 aromatic heterocycles. The predicted octanol–water partition coefficient (Wildman–Crippen LogP) is 5.05. The lowest BCUT2D eigenvalue weighted by atomic mass is 9.86. The number of benzene rings is 1. The van der Waals surface area contributed by atoms with Gasteiger partial charge < -0.3 is 0 Å². The average Bonchev–Trinajstić information content (AvgIpc) is 2.51. The summed E-state index contributed by atoms with van der Waals surface area (Å²) in [6.07, 6.45) is 6.05. The van der Waals surface area contributed by atoms with Gasteiger partial charge in [-0.1, -0.05) is 33.8 Å². The highest BCUT2D eigenvalue weighted by molar-refractivity contribution is 5.83. The molecular formula is C20H25FN2O. The van der Waals surface area contributed by atoms with E-state index in [0.29, 0.717) is 11.1 Å². The van der Waals surface area contributed by atoms with Crippen molar-refractivity contribution in [3.05, 3.63) is 57.8 Å². The molecule has 0 radical (unpaired) electrons. The van der Waals surface area contributed by atoms with Crippen LogP contribution in [-0.2, 0) is 5.41 Å². The fourth-order valence-corrected chi connectivity index (χ4v) is 2.57. The maximum absolute atomic E-state index is 14.7. The van der Waals surface area contributed by atoms with Gasteiger partial charge in [0.05, 0.1) is 17.3 Å². The zero-order valence-corrected chi connectivity index (χ0v) is 15.3. The van der Waals surface area contributed by atoms with Gasteiger partial charge in [0.15, 0.2) is 0 Å². The Bertz CT molecular complexity index is 883. The van der Waals surface area contributed by atoms with Crippen LogP contribution in [0.4, 0.5) is 4.39 Å². The van der Waals surface area contributed by atoms with Crippen molar-refractivity contribution in [3.63, 3.8) is 0 Å². The highest BCUT2D eigenvalue weighted by Crippen LogP contribution is 2.27. The molecule has 0 fully saturated rings. The Labute approximate surface area is 142 Å². The van der Waals surface area contributed by atoms with Crippen molar-refractivity contribution in [2.75, 3.05) is 0 Å². The fourth-order valence-electron chi connectivity index (χ4n) is 2.57. The van der Waals surface area contributed by atoms with Gasteiger partial charge in [-0.3, -0.25) is 4.79 Å². The van der Waals surface area contributed by atoms with Gasteiger partial charge >= 0.3 is 0 Å². The zero-order valence-electron chi connectivity index (χ0n) is 15.3. The second kappa shape index (κ2) is 6.71. The van der Waals surface area contributed by atoms with E-state index in [1.807, 2.05) is 59.8 Å². The summed E-state index contributed by atoms with van der Waals surface area (Å²) >= 11 is 0. The summed E-state index contributed by atoms with van der Waals surface area (Å²) in [4.78, 5) is 12.8. The second-order valence-corrected chi connectivity index (χ2v) is 7.05. The maximum atomic E-state index is 14.7. The number of aromatic nitrogens is 2. The first-order valence-corrected chi connectivity index (χ1v) is 8.25. The molecule has 0 aliphatic rings. The molecule has 0 atom stereocenters. The van der Waals surface area contributed by atoms with Crippen molar-refractivity contribution >= 4 is 16.5 Å². The molecular weight excluding hydrogens is 303 g/mol. The topological polar surface area (TPSA) is 34.9 Å². The maximum Gasteiger partial charge on any atom is 0.282 e. The third-order valence-corrected chi connectivity index (χ3v) is 4.23. The zero-order chi connectivity index (χ0) is 18.1. The summed E-state index contributed by atoms with van der Waals surface area (Å²) in [6, 6.07) is 3.31. The second-order valence-electron chi connectivity index (χ2n) is 7.05. The molecule has 24 heavy (non-hydrogen) atoms. The van der Waals surface area contributed by atoms with E-state index in [2.05, 4.69) is 5.10 Å². The minimum atomic E-state index is -0.493. The smallest absolute Gasteiger partial charge is 0.267 e. The van der Waals surface area contributed by atoms with E-state index < -0.39 is 11.4 Å². The summed E-state index contributed by atoms with van der Waals surface area (Å²) in [5.74, 6) is -0.493. The first-order valence-electron chi connectivity index (χ1n) is 8.25. The highest BCUT2D eigenvalue weighted by Gasteiger charge is 2.19. The first kappa shape index (κ1) is 18.1. The summed E-state index contributed by atoms with van der Waals surface area (Å²) < 4.78 is 16.0. The Morgan fingerprint density at radius 2 is 2.00 bits per heavy atom. The van der Waals surface area contributed by atoms with Crippen LogP contribution in [0.1, 0.15) is 53.5 Å². The summed E-state index contributed by atoms with van der Waals surface area (Å²) in [7, 11) is 0. The number of hydrogen-bond donors (Lipinski definition) is 0. The molecule has 0 spiro atoms. The van der Waals surface area contributed by atoms with Gasteiger partial charge in [0, 0.05) is 5.39 Å². The lowest BCUT2D eigenvalue weighted by molar-refractivity contribution is 0.576. The molecule has 0 saturated carbocycles. The Morgan fingerprint density at radius 3 is 2.54 bits per heavy atom. The van der Waals surface area contributed by atoms with Gasteiger partial charge in [0.25, 0.3) is 5.56 Å². The van der Waals surface area contributed by atoms with Crippen LogP contribution in [0, 0.1) is 5.82 Å². The van der Waals surface area contributed by atoms with Crippen molar-refractivity contribution in [1.82, 2.24) is 9.78 Å². The van der Waals surface area contributed by atoms with Crippen LogP contribution in [0.5, 0.6) is 0 Å². The van der Waals surface area contributed by atoms with Gasteiger partial charge in [0.2, 0.25) is 0 Å². The average molecular weight is 328 g/mol. The molecule has 4 heteroatoms. The van der Waals surface area contributed by atoms with Gasteiger partial charge in [0.1, 0.15) is 5.82 Å². The van der Waals surface area contributed by atoms with E-state index in [1.165, 1.54) is 10.7 Å². The molecule has 128 valence electrons. The van der Waals surface area contributed by atoms with Crippen LogP contribution in [0.15, 0.2) is 40.8 Å². The molecule has 1 aromatic carbocycles. The molecule has 0 saturated heterocycles. The highest BCUT2D eigenvalue weighted by atomic mass is 19.1. The molecule has 2 rings (SSSR count). The number of halogens is 1. The third-order valence-electron chi connectivity index (χ3n) is 4.23. The number of allylic oxidation sites excluding steroid dienone is 4. The summed E-state index contributed by atoms with van der Waals surface area (Å²) in [6.45, 7) is 11.9. The number of hydrogen-bond acceptors (Lipinski definition) is 2. The van der Waals surface area contributed by atoms with Crippen molar-refractivity contribution in [1.29, 1.82) is 0 Å². The van der Waals surface area contributed by atoms with Crippen molar-refractivity contribution in [3.8, 4) is 0 Å². The third kappa shape index (κ3) is 3.32. The van der Waals surface area contributed by atoms with Crippen LogP contribution >= 0.6 is 0 Å². The first-order chi connectivity index (χ1) is 11.2. The van der Waals surface area contributed by atoms with Crippen LogP contribution in [-0.4, -0.2) is 9.78 Å². The van der Waals surface area contributed by atoms with Crippen LogP contribution in [0.2, 0.25) is 0 Å². The molecule has 3 nitrogen and oxygen atoms in total. The molecule has 0 unspecified atom stereocenters. The van der Waals surface area contributed by atoms with E-state index in [1.54, 1.807) is 6.20 Å². The van der Waals surface area contributed by atoms with E-state index in [0.717, 1.165) is 17.6 Å². The molecule has 0 N–H and O–H groups in total. The van der Waals surface area contributed by atoms with Gasteiger partial charge in [-0.05, 0) is 55.0 Å². The number of rotatable bonds is 3. The van der Waals surface area contributed by atoms with Crippen LogP contribution < -0.4 is 5.56 Å². The Kier molecular flexibility index (Phi) is 5.07. The number of fused-ring (bicyclic) bond motifs is 1. The molecule has 1 heterocycles. The summed E-state index contributed by atoms with van der Waals surface area (Å²) in [5.41, 5.74) is 1.95. The Hall–Kier alpha value is -2.23. The standard InChI is InChI=1S/C20H25FN2O/c1-7-9-17(13(3)8-2)23-19(24)18-14(12-22-23)10-15(11-16(18)21)20(4,5)6/h7,9-12H,8H2,1-6H3. The largest absolute Gasteiger partial charge is 0.282 e. The predicted molar refractivity (Wildman–Crippen MR) is 98.7 cm³/mol. The SMILES string of the molecule is CC=CC(=C(C)CC)n1ncc2cc(C(C)(C)C)cc(F)c2c1=O. The molecule has 0 aliphatic carbocycles. The van der Waals surface area contributed by atoms with Crippen molar-refractivity contribution in [2.45, 2.75) is 53.4 Å². The number of nitrogens with zero attached hydrogens (tertiary/aromatic N) is 2. The molecule has 2 aromatic rings. The van der Waals surface area contributed by atoms with Gasteiger partial charge in [-0.25, -0.2) is 4.39 Å². The monoisotopic (exact) mass is 328 g/mol. The van der Waals surface area contributed by atoms with E-state index >= 15 is 0 Å². The van der Waals surface area contributed by atoms with E-state index in [4.69, 9.17) is 0 Å². The lowest BCUT2D eigenvalue weighted by Crippen LogP contribution is -2.23. The van der Waals surface area contributed by atoms with E-state index in [-0.39, 0.29) is 10.8 Å². The quantitative estimate of drug-likeness (QED) is 0.739. The minimum absolute atomic E-state index is 0.0870. The van der Waals surface area contributed by atoms with Gasteiger partial charge in [-0.2, -0.15) is 9.78 Å².